The summed E-state index contributed by atoms with van der Waals surface area (Å²) < 4.78 is 5.46. The third kappa shape index (κ3) is 3.10. The van der Waals surface area contributed by atoms with E-state index in [9.17, 15) is 0 Å². The normalized spacial score (nSPS) is 24.3. The summed E-state index contributed by atoms with van der Waals surface area (Å²) in [6.45, 7) is 11.5. The van der Waals surface area contributed by atoms with Crippen LogP contribution in [-0.4, -0.2) is 60.8 Å². The van der Waals surface area contributed by atoms with E-state index >= 15 is 0 Å². The lowest BCUT2D eigenvalue weighted by Gasteiger charge is -2.36. The Hall–Kier alpha value is -1.20. The Labute approximate surface area is 121 Å². The molecule has 2 saturated heterocycles. The van der Waals surface area contributed by atoms with Crippen molar-refractivity contribution in [3.05, 3.63) is 17.6 Å². The Kier molecular flexibility index (Phi) is 4.17. The number of piperazine rings is 1. The fourth-order valence-electron chi connectivity index (χ4n) is 3.06. The first-order chi connectivity index (χ1) is 9.72. The van der Waals surface area contributed by atoms with Crippen LogP contribution in [0.2, 0.25) is 0 Å². The van der Waals surface area contributed by atoms with E-state index in [4.69, 9.17) is 4.74 Å². The second kappa shape index (κ2) is 6.06. The average molecular weight is 276 g/mol. The van der Waals surface area contributed by atoms with E-state index in [1.54, 1.807) is 0 Å². The van der Waals surface area contributed by atoms with Gasteiger partial charge in [0.15, 0.2) is 0 Å². The molecule has 110 valence electrons. The maximum Gasteiger partial charge on any atom is 0.150 e. The van der Waals surface area contributed by atoms with Gasteiger partial charge in [0.25, 0.3) is 0 Å². The molecule has 2 aliphatic heterocycles. The first-order valence-electron chi connectivity index (χ1n) is 7.57. The van der Waals surface area contributed by atoms with Crippen LogP contribution in [0.5, 0.6) is 0 Å². The molecule has 1 aromatic heterocycles. The summed E-state index contributed by atoms with van der Waals surface area (Å²) >= 11 is 0. The minimum absolute atomic E-state index is 0.738. The number of anilines is 1. The molecule has 0 unspecified atom stereocenters. The molecule has 0 bridgehead atoms. The van der Waals surface area contributed by atoms with E-state index in [2.05, 4.69) is 19.8 Å². The number of aryl methyl sites for hydroxylation is 2. The second-order valence-electron chi connectivity index (χ2n) is 5.94. The van der Waals surface area contributed by atoms with Crippen molar-refractivity contribution in [3.8, 4) is 0 Å². The maximum atomic E-state index is 5.46. The van der Waals surface area contributed by atoms with Crippen LogP contribution < -0.4 is 4.90 Å². The van der Waals surface area contributed by atoms with Gasteiger partial charge in [-0.3, -0.25) is 9.88 Å². The highest BCUT2D eigenvalue weighted by Crippen LogP contribution is 2.19. The molecule has 0 radical (unpaired) electrons. The quantitative estimate of drug-likeness (QED) is 0.831. The van der Waals surface area contributed by atoms with Crippen molar-refractivity contribution in [1.29, 1.82) is 0 Å². The Morgan fingerprint density at radius 3 is 2.75 bits per heavy atom. The number of hydrogen-bond acceptors (Lipinski definition) is 5. The van der Waals surface area contributed by atoms with Gasteiger partial charge in [-0.1, -0.05) is 0 Å². The zero-order valence-corrected chi connectivity index (χ0v) is 12.5. The molecule has 0 spiro atoms. The SMILES string of the molecule is Cc1cnc(C)c(N2CCN(C[C@@H]3CCOC3)CC2)n1. The first-order valence-corrected chi connectivity index (χ1v) is 7.57. The van der Waals surface area contributed by atoms with Crippen molar-refractivity contribution >= 4 is 5.82 Å². The summed E-state index contributed by atoms with van der Waals surface area (Å²) in [5.41, 5.74) is 2.03. The van der Waals surface area contributed by atoms with Gasteiger partial charge in [0.05, 0.1) is 18.0 Å². The summed E-state index contributed by atoms with van der Waals surface area (Å²) in [7, 11) is 0. The molecule has 20 heavy (non-hydrogen) atoms. The lowest BCUT2D eigenvalue weighted by Crippen LogP contribution is -2.48. The third-order valence-electron chi connectivity index (χ3n) is 4.26. The highest BCUT2D eigenvalue weighted by molar-refractivity contribution is 5.43. The molecule has 2 fully saturated rings. The Bertz CT molecular complexity index is 451. The van der Waals surface area contributed by atoms with E-state index in [-0.39, 0.29) is 0 Å². The lowest BCUT2D eigenvalue weighted by molar-refractivity contribution is 0.164. The van der Waals surface area contributed by atoms with Gasteiger partial charge < -0.3 is 9.64 Å². The van der Waals surface area contributed by atoms with E-state index in [1.807, 2.05) is 20.0 Å². The molecule has 3 heterocycles. The smallest absolute Gasteiger partial charge is 0.150 e. The lowest BCUT2D eigenvalue weighted by atomic mass is 10.1. The van der Waals surface area contributed by atoms with Crippen molar-refractivity contribution < 1.29 is 4.74 Å². The minimum atomic E-state index is 0.738. The molecule has 0 aromatic carbocycles. The van der Waals surface area contributed by atoms with Crippen molar-refractivity contribution in [1.82, 2.24) is 14.9 Å². The minimum Gasteiger partial charge on any atom is -0.381 e. The van der Waals surface area contributed by atoms with Gasteiger partial charge in [-0.2, -0.15) is 0 Å². The van der Waals surface area contributed by atoms with Crippen molar-refractivity contribution in [2.45, 2.75) is 20.3 Å². The molecular weight excluding hydrogens is 252 g/mol. The van der Waals surface area contributed by atoms with Gasteiger partial charge in [-0.15, -0.1) is 0 Å². The molecule has 5 nitrogen and oxygen atoms in total. The van der Waals surface area contributed by atoms with Crippen molar-refractivity contribution in [3.63, 3.8) is 0 Å². The van der Waals surface area contributed by atoms with E-state index in [0.29, 0.717) is 0 Å². The van der Waals surface area contributed by atoms with Crippen LogP contribution in [0.25, 0.3) is 0 Å². The predicted molar refractivity (Wildman–Crippen MR) is 79.1 cm³/mol. The average Bonchev–Trinajstić information content (AvgIpc) is 2.95. The van der Waals surface area contributed by atoms with Gasteiger partial charge in [0, 0.05) is 45.5 Å². The first kappa shape index (κ1) is 13.8. The molecule has 0 amide bonds. The monoisotopic (exact) mass is 276 g/mol. The molecule has 1 aromatic rings. The molecule has 1 atom stereocenters. The summed E-state index contributed by atoms with van der Waals surface area (Å²) in [6.07, 6.45) is 3.07. The predicted octanol–water partition coefficient (Wildman–Crippen LogP) is 1.25. The summed E-state index contributed by atoms with van der Waals surface area (Å²) in [5.74, 6) is 1.80. The topological polar surface area (TPSA) is 41.5 Å². The van der Waals surface area contributed by atoms with Gasteiger partial charge in [0.1, 0.15) is 5.82 Å². The Morgan fingerprint density at radius 1 is 1.25 bits per heavy atom. The van der Waals surface area contributed by atoms with Crippen LogP contribution in [0.15, 0.2) is 6.20 Å². The highest BCUT2D eigenvalue weighted by atomic mass is 16.5. The Balaban J connectivity index is 1.56. The zero-order chi connectivity index (χ0) is 13.9. The van der Waals surface area contributed by atoms with Crippen molar-refractivity contribution in [2.24, 2.45) is 5.92 Å². The molecular formula is C15H24N4O. The highest BCUT2D eigenvalue weighted by Gasteiger charge is 2.24. The number of rotatable bonds is 3. The number of ether oxygens (including phenoxy) is 1. The summed E-state index contributed by atoms with van der Waals surface area (Å²) in [5, 5.41) is 0. The standard InChI is InChI=1S/C15H24N4O/c1-12-9-16-13(2)15(17-12)19-6-4-18(5-7-19)10-14-3-8-20-11-14/h9,14H,3-8,10-11H2,1-2H3/t14-/m0/s1. The van der Waals surface area contributed by atoms with E-state index in [1.165, 1.54) is 13.0 Å². The largest absolute Gasteiger partial charge is 0.381 e. The van der Waals surface area contributed by atoms with Crippen LogP contribution in [0.4, 0.5) is 5.82 Å². The second-order valence-corrected chi connectivity index (χ2v) is 5.94. The fourth-order valence-corrected chi connectivity index (χ4v) is 3.06. The van der Waals surface area contributed by atoms with E-state index < -0.39 is 0 Å². The fraction of sp³-hybridized carbons (Fsp3) is 0.733. The van der Waals surface area contributed by atoms with Crippen LogP contribution in [0, 0.1) is 19.8 Å². The van der Waals surface area contributed by atoms with Gasteiger partial charge in [-0.25, -0.2) is 4.98 Å². The zero-order valence-electron chi connectivity index (χ0n) is 12.5. The van der Waals surface area contributed by atoms with Crippen molar-refractivity contribution in [2.75, 3.05) is 50.8 Å². The number of nitrogens with zero attached hydrogens (tertiary/aromatic N) is 4. The van der Waals surface area contributed by atoms with Crippen LogP contribution in [0.3, 0.4) is 0 Å². The summed E-state index contributed by atoms with van der Waals surface area (Å²) in [4.78, 5) is 14.0. The van der Waals surface area contributed by atoms with Crippen LogP contribution in [-0.2, 0) is 4.74 Å². The molecule has 0 N–H and O–H groups in total. The van der Waals surface area contributed by atoms with E-state index in [0.717, 1.165) is 62.5 Å². The van der Waals surface area contributed by atoms with Gasteiger partial charge in [-0.05, 0) is 26.2 Å². The molecule has 5 heteroatoms. The number of hydrogen-bond donors (Lipinski definition) is 0. The van der Waals surface area contributed by atoms with Gasteiger partial charge in [0.2, 0.25) is 0 Å². The molecule has 2 aliphatic rings. The third-order valence-corrected chi connectivity index (χ3v) is 4.26. The number of aromatic nitrogens is 2. The van der Waals surface area contributed by atoms with Gasteiger partial charge >= 0.3 is 0 Å². The molecule has 3 rings (SSSR count). The Morgan fingerprint density at radius 2 is 2.05 bits per heavy atom. The molecule has 0 aliphatic carbocycles. The van der Waals surface area contributed by atoms with Crippen LogP contribution >= 0.6 is 0 Å². The summed E-state index contributed by atoms with van der Waals surface area (Å²) in [6, 6.07) is 0. The maximum absolute atomic E-state index is 5.46. The van der Waals surface area contributed by atoms with Crippen LogP contribution in [0.1, 0.15) is 17.8 Å². The molecule has 0 saturated carbocycles.